The van der Waals surface area contributed by atoms with Crippen LogP contribution in [-0.2, 0) is 6.42 Å². The fourth-order valence-electron chi connectivity index (χ4n) is 2.33. The van der Waals surface area contributed by atoms with Crippen molar-refractivity contribution in [2.75, 3.05) is 46.9 Å². The normalized spacial score (nSPS) is 11.2. The highest BCUT2D eigenvalue weighted by atomic mass is 127. The Morgan fingerprint density at radius 1 is 1.12 bits per heavy atom. The molecule has 0 radical (unpaired) electrons. The zero-order valence-corrected chi connectivity index (χ0v) is 18.5. The molecule has 0 aliphatic heterocycles. The Balaban J connectivity index is 0.00000576. The Labute approximate surface area is 170 Å². The van der Waals surface area contributed by atoms with Crippen LogP contribution in [0.2, 0.25) is 0 Å². The number of unbranched alkanes of at least 4 members (excludes halogenated alkanes) is 1. The van der Waals surface area contributed by atoms with E-state index in [1.54, 1.807) is 7.11 Å². The first-order valence-electron chi connectivity index (χ1n) is 9.03. The molecule has 1 aromatic rings. The summed E-state index contributed by atoms with van der Waals surface area (Å²) in [5.41, 5.74) is 1.29. The fourth-order valence-corrected chi connectivity index (χ4v) is 2.33. The van der Waals surface area contributed by atoms with Crippen molar-refractivity contribution in [3.63, 3.8) is 0 Å². The van der Waals surface area contributed by atoms with E-state index in [0.29, 0.717) is 0 Å². The maximum absolute atomic E-state index is 5.18. The molecular weight excluding hydrogens is 427 g/mol. The molecule has 0 unspecified atom stereocenters. The summed E-state index contributed by atoms with van der Waals surface area (Å²) >= 11 is 0. The van der Waals surface area contributed by atoms with Crippen LogP contribution in [0.4, 0.5) is 0 Å². The minimum Gasteiger partial charge on any atom is -0.497 e. The molecule has 0 aliphatic carbocycles. The molecule has 0 saturated carbocycles. The van der Waals surface area contributed by atoms with Crippen molar-refractivity contribution in [2.24, 2.45) is 4.99 Å². The highest BCUT2D eigenvalue weighted by Gasteiger charge is 2.00. The van der Waals surface area contributed by atoms with E-state index in [1.807, 2.05) is 12.1 Å². The molecule has 0 heterocycles. The van der Waals surface area contributed by atoms with Gasteiger partial charge in [-0.25, -0.2) is 0 Å². The maximum atomic E-state index is 5.18. The van der Waals surface area contributed by atoms with Crippen molar-refractivity contribution >= 4 is 29.9 Å². The van der Waals surface area contributed by atoms with Crippen LogP contribution in [0.3, 0.4) is 0 Å². The van der Waals surface area contributed by atoms with Gasteiger partial charge in [-0.1, -0.05) is 25.5 Å². The van der Waals surface area contributed by atoms with E-state index in [2.05, 4.69) is 53.6 Å². The number of likely N-dealkylation sites (N-methyl/N-ethyl adjacent to an activating group) is 1. The van der Waals surface area contributed by atoms with E-state index in [9.17, 15) is 0 Å². The number of rotatable bonds is 11. The molecule has 1 rings (SSSR count). The summed E-state index contributed by atoms with van der Waals surface area (Å²) in [6, 6.07) is 8.21. The third-order valence-corrected chi connectivity index (χ3v) is 3.85. The van der Waals surface area contributed by atoms with E-state index in [0.717, 1.165) is 50.9 Å². The van der Waals surface area contributed by atoms with Crippen molar-refractivity contribution in [2.45, 2.75) is 33.1 Å². The van der Waals surface area contributed by atoms with Crippen LogP contribution in [0.1, 0.15) is 32.3 Å². The van der Waals surface area contributed by atoms with Gasteiger partial charge in [0.05, 0.1) is 13.7 Å². The molecule has 0 atom stereocenters. The first kappa shape index (κ1) is 24.0. The van der Waals surface area contributed by atoms with Crippen molar-refractivity contribution in [1.29, 1.82) is 0 Å². The summed E-state index contributed by atoms with van der Waals surface area (Å²) in [5, 5.41) is 6.71. The minimum absolute atomic E-state index is 0. The van der Waals surface area contributed by atoms with Crippen molar-refractivity contribution < 1.29 is 4.74 Å². The molecule has 0 aromatic heterocycles. The predicted octanol–water partition coefficient (Wildman–Crippen LogP) is 3.14. The van der Waals surface area contributed by atoms with Gasteiger partial charge in [-0.3, -0.25) is 4.99 Å². The van der Waals surface area contributed by atoms with Crippen LogP contribution in [-0.4, -0.2) is 57.7 Å². The number of hydrogen-bond acceptors (Lipinski definition) is 3. The summed E-state index contributed by atoms with van der Waals surface area (Å²) in [5.74, 6) is 1.80. The quantitative estimate of drug-likeness (QED) is 0.302. The highest BCUT2D eigenvalue weighted by Crippen LogP contribution is 2.11. The lowest BCUT2D eigenvalue weighted by Gasteiger charge is -2.16. The molecular formula is C19H35IN4O. The number of benzene rings is 1. The first-order valence-corrected chi connectivity index (χ1v) is 9.03. The van der Waals surface area contributed by atoms with Gasteiger partial charge < -0.3 is 20.3 Å². The van der Waals surface area contributed by atoms with Gasteiger partial charge in [-0.2, -0.15) is 0 Å². The van der Waals surface area contributed by atoms with Gasteiger partial charge in [0.25, 0.3) is 0 Å². The average molecular weight is 462 g/mol. The Kier molecular flexibility index (Phi) is 14.6. The lowest BCUT2D eigenvalue weighted by Crippen LogP contribution is -2.39. The molecule has 0 bridgehead atoms. The second-order valence-corrected chi connectivity index (χ2v) is 5.94. The Morgan fingerprint density at radius 2 is 1.84 bits per heavy atom. The zero-order chi connectivity index (χ0) is 17.6. The molecule has 6 heteroatoms. The zero-order valence-electron chi connectivity index (χ0n) is 16.2. The van der Waals surface area contributed by atoms with Crippen molar-refractivity contribution in [3.05, 3.63) is 29.8 Å². The van der Waals surface area contributed by atoms with E-state index in [1.165, 1.54) is 18.4 Å². The molecule has 5 nitrogen and oxygen atoms in total. The minimum atomic E-state index is 0. The van der Waals surface area contributed by atoms with Crippen LogP contribution >= 0.6 is 24.0 Å². The topological polar surface area (TPSA) is 48.9 Å². The third-order valence-electron chi connectivity index (χ3n) is 3.85. The smallest absolute Gasteiger partial charge is 0.191 e. The molecule has 144 valence electrons. The van der Waals surface area contributed by atoms with Crippen molar-refractivity contribution in [1.82, 2.24) is 15.5 Å². The molecule has 25 heavy (non-hydrogen) atoms. The largest absolute Gasteiger partial charge is 0.497 e. The lowest BCUT2D eigenvalue weighted by atomic mass is 10.1. The Hall–Kier alpha value is -1.02. The summed E-state index contributed by atoms with van der Waals surface area (Å²) in [6.45, 7) is 9.01. The SMILES string of the molecule is CCCCN(C)CCN=C(NCC)NCCc1ccc(OC)cc1.I. The van der Waals surface area contributed by atoms with E-state index in [-0.39, 0.29) is 24.0 Å². The lowest BCUT2D eigenvalue weighted by molar-refractivity contribution is 0.337. The van der Waals surface area contributed by atoms with Crippen LogP contribution in [0.5, 0.6) is 5.75 Å². The number of halogens is 1. The first-order chi connectivity index (χ1) is 11.7. The summed E-state index contributed by atoms with van der Waals surface area (Å²) in [7, 11) is 3.85. The molecule has 0 fully saturated rings. The fraction of sp³-hybridized carbons (Fsp3) is 0.632. The second-order valence-electron chi connectivity index (χ2n) is 5.94. The van der Waals surface area contributed by atoms with Crippen LogP contribution in [0.25, 0.3) is 0 Å². The number of hydrogen-bond donors (Lipinski definition) is 2. The van der Waals surface area contributed by atoms with Gasteiger partial charge in [0.15, 0.2) is 5.96 Å². The number of nitrogens with one attached hydrogen (secondary N) is 2. The molecule has 0 aliphatic rings. The number of nitrogens with zero attached hydrogens (tertiary/aromatic N) is 2. The maximum Gasteiger partial charge on any atom is 0.191 e. The predicted molar refractivity (Wildman–Crippen MR) is 118 cm³/mol. The molecule has 0 amide bonds. The number of guanidine groups is 1. The second kappa shape index (κ2) is 15.3. The highest BCUT2D eigenvalue weighted by molar-refractivity contribution is 14.0. The third kappa shape index (κ3) is 11.3. The summed E-state index contributed by atoms with van der Waals surface area (Å²) < 4.78 is 5.18. The number of aliphatic imine (C=N–C) groups is 1. The Morgan fingerprint density at radius 3 is 2.44 bits per heavy atom. The van der Waals surface area contributed by atoms with Crippen LogP contribution in [0.15, 0.2) is 29.3 Å². The monoisotopic (exact) mass is 462 g/mol. The van der Waals surface area contributed by atoms with Gasteiger partial charge >= 0.3 is 0 Å². The molecule has 2 N–H and O–H groups in total. The van der Waals surface area contributed by atoms with Crippen LogP contribution < -0.4 is 15.4 Å². The van der Waals surface area contributed by atoms with E-state index < -0.39 is 0 Å². The van der Waals surface area contributed by atoms with E-state index in [4.69, 9.17) is 4.74 Å². The van der Waals surface area contributed by atoms with Gasteiger partial charge in [0.2, 0.25) is 0 Å². The number of methoxy groups -OCH3 is 1. The average Bonchev–Trinajstić information content (AvgIpc) is 2.60. The summed E-state index contributed by atoms with van der Waals surface area (Å²) in [4.78, 5) is 6.99. The van der Waals surface area contributed by atoms with Crippen LogP contribution in [0, 0.1) is 0 Å². The molecule has 0 spiro atoms. The van der Waals surface area contributed by atoms with E-state index >= 15 is 0 Å². The van der Waals surface area contributed by atoms with Gasteiger partial charge in [0, 0.05) is 19.6 Å². The van der Waals surface area contributed by atoms with Crippen molar-refractivity contribution in [3.8, 4) is 5.75 Å². The molecule has 0 saturated heterocycles. The number of ether oxygens (including phenoxy) is 1. The van der Waals surface area contributed by atoms with Gasteiger partial charge in [0.1, 0.15) is 5.75 Å². The summed E-state index contributed by atoms with van der Waals surface area (Å²) in [6.07, 6.45) is 3.45. The van der Waals surface area contributed by atoms with Gasteiger partial charge in [-0.15, -0.1) is 24.0 Å². The standard InChI is InChI=1S/C19H34N4O.HI/c1-5-7-15-23(3)16-14-22-19(20-6-2)21-13-12-17-8-10-18(24-4)11-9-17;/h8-11H,5-7,12-16H2,1-4H3,(H2,20,21,22);1H. The molecule has 1 aromatic carbocycles. The van der Waals surface area contributed by atoms with Gasteiger partial charge in [-0.05, 0) is 51.1 Å². The Bertz CT molecular complexity index is 465.